The Morgan fingerprint density at radius 2 is 1.85 bits per heavy atom. The van der Waals surface area contributed by atoms with Crippen molar-refractivity contribution in [2.45, 2.75) is 27.3 Å². The fourth-order valence-corrected chi connectivity index (χ4v) is 2.42. The van der Waals surface area contributed by atoms with Gasteiger partial charge in [-0.05, 0) is 44.0 Å². The lowest BCUT2D eigenvalue weighted by Crippen LogP contribution is -2.30. The van der Waals surface area contributed by atoms with Gasteiger partial charge in [0.15, 0.2) is 17.5 Å². The molecule has 5 nitrogen and oxygen atoms in total. The SMILES string of the molecule is CCNC(=NCc1ccccc1C)Nc1ccc(OCC)c(OC)c1.I. The van der Waals surface area contributed by atoms with Crippen LogP contribution >= 0.6 is 24.0 Å². The minimum absolute atomic E-state index is 0. The van der Waals surface area contributed by atoms with Crippen LogP contribution in [0.2, 0.25) is 0 Å². The van der Waals surface area contributed by atoms with Crippen molar-refractivity contribution in [2.75, 3.05) is 25.6 Å². The lowest BCUT2D eigenvalue weighted by atomic mass is 10.1. The summed E-state index contributed by atoms with van der Waals surface area (Å²) >= 11 is 0. The molecule has 0 spiro atoms. The Hall–Kier alpha value is -1.96. The van der Waals surface area contributed by atoms with E-state index < -0.39 is 0 Å². The van der Waals surface area contributed by atoms with Crippen LogP contribution in [0.1, 0.15) is 25.0 Å². The van der Waals surface area contributed by atoms with Crippen LogP contribution in [-0.2, 0) is 6.54 Å². The van der Waals surface area contributed by atoms with E-state index in [1.54, 1.807) is 7.11 Å². The van der Waals surface area contributed by atoms with Gasteiger partial charge in [0.2, 0.25) is 0 Å². The van der Waals surface area contributed by atoms with E-state index >= 15 is 0 Å². The van der Waals surface area contributed by atoms with E-state index in [0.29, 0.717) is 18.9 Å². The molecule has 0 saturated carbocycles. The number of methoxy groups -OCH3 is 1. The average molecular weight is 469 g/mol. The Balaban J connectivity index is 0.00000338. The molecule has 0 aliphatic rings. The molecular formula is C20H28IN3O2. The van der Waals surface area contributed by atoms with Gasteiger partial charge >= 0.3 is 0 Å². The number of hydrogen-bond acceptors (Lipinski definition) is 3. The van der Waals surface area contributed by atoms with Crippen LogP contribution in [-0.4, -0.2) is 26.2 Å². The molecule has 6 heteroatoms. The Bertz CT molecular complexity index is 720. The first-order valence-corrected chi connectivity index (χ1v) is 8.58. The highest BCUT2D eigenvalue weighted by Crippen LogP contribution is 2.30. The average Bonchev–Trinajstić information content (AvgIpc) is 2.62. The second kappa shape index (κ2) is 11.6. The van der Waals surface area contributed by atoms with E-state index in [1.165, 1.54) is 11.1 Å². The quantitative estimate of drug-likeness (QED) is 0.354. The maximum atomic E-state index is 5.56. The summed E-state index contributed by atoms with van der Waals surface area (Å²) in [6, 6.07) is 14.0. The normalized spacial score (nSPS) is 10.7. The molecule has 0 radical (unpaired) electrons. The van der Waals surface area contributed by atoms with Crippen LogP contribution in [0.3, 0.4) is 0 Å². The molecule has 0 aliphatic heterocycles. The largest absolute Gasteiger partial charge is 0.493 e. The summed E-state index contributed by atoms with van der Waals surface area (Å²) in [6.45, 7) is 8.10. The third-order valence-electron chi connectivity index (χ3n) is 3.74. The summed E-state index contributed by atoms with van der Waals surface area (Å²) in [7, 11) is 1.64. The predicted octanol–water partition coefficient (Wildman–Crippen LogP) is 4.60. The molecule has 2 aromatic carbocycles. The lowest BCUT2D eigenvalue weighted by Gasteiger charge is -2.14. The number of aliphatic imine (C=N–C) groups is 1. The van der Waals surface area contributed by atoms with Crippen LogP contribution in [0.25, 0.3) is 0 Å². The molecule has 0 saturated heterocycles. The van der Waals surface area contributed by atoms with Gasteiger partial charge in [-0.25, -0.2) is 4.99 Å². The lowest BCUT2D eigenvalue weighted by molar-refractivity contribution is 0.311. The standard InChI is InChI=1S/C20H27N3O2.HI/c1-5-21-20(22-14-16-10-8-7-9-15(16)3)23-17-11-12-18(25-6-2)19(13-17)24-4;/h7-13H,5-6,14H2,1-4H3,(H2,21,22,23);1H. The van der Waals surface area contributed by atoms with Gasteiger partial charge in [-0.2, -0.15) is 0 Å². The van der Waals surface area contributed by atoms with Crippen molar-refractivity contribution in [1.29, 1.82) is 0 Å². The van der Waals surface area contributed by atoms with Gasteiger partial charge in [0, 0.05) is 18.3 Å². The number of anilines is 1. The Kier molecular flexibility index (Phi) is 9.87. The van der Waals surface area contributed by atoms with Crippen molar-refractivity contribution in [3.05, 3.63) is 53.6 Å². The Labute approximate surface area is 173 Å². The zero-order valence-corrected chi connectivity index (χ0v) is 18.2. The third-order valence-corrected chi connectivity index (χ3v) is 3.74. The number of ether oxygens (including phenoxy) is 2. The minimum atomic E-state index is 0. The highest BCUT2D eigenvalue weighted by Gasteiger charge is 2.07. The number of halogens is 1. The fraction of sp³-hybridized carbons (Fsp3) is 0.350. The minimum Gasteiger partial charge on any atom is -0.493 e. The van der Waals surface area contributed by atoms with Gasteiger partial charge < -0.3 is 20.1 Å². The number of guanidine groups is 1. The first kappa shape index (κ1) is 22.1. The summed E-state index contributed by atoms with van der Waals surface area (Å²) in [5.41, 5.74) is 3.35. The number of hydrogen-bond donors (Lipinski definition) is 2. The number of nitrogens with zero attached hydrogens (tertiary/aromatic N) is 1. The van der Waals surface area contributed by atoms with Gasteiger partial charge in [-0.3, -0.25) is 0 Å². The summed E-state index contributed by atoms with van der Waals surface area (Å²) in [5, 5.41) is 6.58. The van der Waals surface area contributed by atoms with Crippen molar-refractivity contribution in [2.24, 2.45) is 4.99 Å². The third kappa shape index (κ3) is 6.40. The number of aryl methyl sites for hydroxylation is 1. The summed E-state index contributed by atoms with van der Waals surface area (Å²) < 4.78 is 11.0. The summed E-state index contributed by atoms with van der Waals surface area (Å²) in [4.78, 5) is 4.68. The first-order chi connectivity index (χ1) is 12.2. The molecule has 0 bridgehead atoms. The zero-order valence-electron chi connectivity index (χ0n) is 15.8. The first-order valence-electron chi connectivity index (χ1n) is 8.58. The fourth-order valence-electron chi connectivity index (χ4n) is 2.42. The predicted molar refractivity (Wildman–Crippen MR) is 119 cm³/mol. The second-order valence-corrected chi connectivity index (χ2v) is 5.55. The maximum Gasteiger partial charge on any atom is 0.196 e. The van der Waals surface area contributed by atoms with Crippen LogP contribution in [0, 0.1) is 6.92 Å². The van der Waals surface area contributed by atoms with Crippen molar-refractivity contribution in [3.63, 3.8) is 0 Å². The van der Waals surface area contributed by atoms with Gasteiger partial charge in [-0.1, -0.05) is 24.3 Å². The molecule has 0 aromatic heterocycles. The monoisotopic (exact) mass is 469 g/mol. The molecule has 2 N–H and O–H groups in total. The van der Waals surface area contributed by atoms with Gasteiger partial charge in [-0.15, -0.1) is 24.0 Å². The molecule has 2 aromatic rings. The van der Waals surface area contributed by atoms with Crippen LogP contribution in [0.15, 0.2) is 47.5 Å². The van der Waals surface area contributed by atoms with E-state index in [1.807, 2.05) is 44.2 Å². The molecule has 26 heavy (non-hydrogen) atoms. The molecule has 0 heterocycles. The summed E-state index contributed by atoms with van der Waals surface area (Å²) in [6.07, 6.45) is 0. The molecule has 0 unspecified atom stereocenters. The molecule has 0 atom stereocenters. The highest BCUT2D eigenvalue weighted by atomic mass is 127. The number of nitrogens with one attached hydrogen (secondary N) is 2. The van der Waals surface area contributed by atoms with Crippen molar-refractivity contribution < 1.29 is 9.47 Å². The van der Waals surface area contributed by atoms with E-state index in [-0.39, 0.29) is 24.0 Å². The van der Waals surface area contributed by atoms with Gasteiger partial charge in [0.1, 0.15) is 0 Å². The van der Waals surface area contributed by atoms with Crippen molar-refractivity contribution >= 4 is 35.6 Å². The van der Waals surface area contributed by atoms with Crippen LogP contribution < -0.4 is 20.1 Å². The van der Waals surface area contributed by atoms with Crippen molar-refractivity contribution in [1.82, 2.24) is 5.32 Å². The molecule has 0 amide bonds. The van der Waals surface area contributed by atoms with E-state index in [4.69, 9.17) is 9.47 Å². The molecular weight excluding hydrogens is 441 g/mol. The number of benzene rings is 2. The molecule has 2 rings (SSSR count). The second-order valence-electron chi connectivity index (χ2n) is 5.55. The zero-order chi connectivity index (χ0) is 18.1. The maximum absolute atomic E-state index is 5.56. The van der Waals surface area contributed by atoms with E-state index in [2.05, 4.69) is 34.7 Å². The van der Waals surface area contributed by atoms with Crippen LogP contribution in [0.5, 0.6) is 11.5 Å². The van der Waals surface area contributed by atoms with E-state index in [0.717, 1.165) is 23.9 Å². The Morgan fingerprint density at radius 3 is 2.50 bits per heavy atom. The molecule has 0 aliphatic carbocycles. The van der Waals surface area contributed by atoms with Gasteiger partial charge in [0.05, 0.1) is 20.3 Å². The Morgan fingerprint density at radius 1 is 1.08 bits per heavy atom. The van der Waals surface area contributed by atoms with Gasteiger partial charge in [0.25, 0.3) is 0 Å². The highest BCUT2D eigenvalue weighted by molar-refractivity contribution is 14.0. The number of rotatable bonds is 7. The topological polar surface area (TPSA) is 54.9 Å². The smallest absolute Gasteiger partial charge is 0.196 e. The summed E-state index contributed by atoms with van der Waals surface area (Å²) in [5.74, 6) is 2.16. The molecule has 142 valence electrons. The molecule has 0 fully saturated rings. The van der Waals surface area contributed by atoms with E-state index in [9.17, 15) is 0 Å². The van der Waals surface area contributed by atoms with Crippen molar-refractivity contribution in [3.8, 4) is 11.5 Å². The van der Waals surface area contributed by atoms with Crippen LogP contribution in [0.4, 0.5) is 5.69 Å².